The van der Waals surface area contributed by atoms with Crippen molar-refractivity contribution < 1.29 is 4.74 Å². The van der Waals surface area contributed by atoms with Crippen LogP contribution in [0.1, 0.15) is 26.2 Å². The average molecular weight is 330 g/mol. The van der Waals surface area contributed by atoms with Gasteiger partial charge in [-0.3, -0.25) is 0 Å². The predicted octanol–water partition coefficient (Wildman–Crippen LogP) is 5.70. The van der Waals surface area contributed by atoms with Gasteiger partial charge in [0.05, 0.1) is 6.61 Å². The molecule has 128 valence electrons. The molecule has 25 heavy (non-hydrogen) atoms. The van der Waals surface area contributed by atoms with Crippen LogP contribution in [0, 0.1) is 40.9 Å². The van der Waals surface area contributed by atoms with Crippen molar-refractivity contribution in [1.29, 1.82) is 0 Å². The Hall–Kier alpha value is -1.76. The minimum atomic E-state index is 0.371. The first-order valence-corrected chi connectivity index (χ1v) is 10.0. The van der Waals surface area contributed by atoms with E-state index >= 15 is 0 Å². The highest BCUT2D eigenvalue weighted by Gasteiger charge is 2.64. The summed E-state index contributed by atoms with van der Waals surface area (Å²) in [6.07, 6.45) is 9.36. The van der Waals surface area contributed by atoms with Crippen molar-refractivity contribution in [3.8, 4) is 5.75 Å². The summed E-state index contributed by atoms with van der Waals surface area (Å²) in [5.41, 5.74) is 0.371. The van der Waals surface area contributed by atoms with Crippen LogP contribution in [-0.2, 0) is 0 Å². The van der Waals surface area contributed by atoms with Gasteiger partial charge in [0.25, 0.3) is 0 Å². The molecule has 0 amide bonds. The van der Waals surface area contributed by atoms with Crippen molar-refractivity contribution >= 4 is 10.8 Å². The van der Waals surface area contributed by atoms with Gasteiger partial charge in [0.2, 0.25) is 0 Å². The SMILES string of the molecule is CC1(COc2ccc3ccccc3c2)CC2CC1C1C3C=CC(C3)C21. The standard InChI is InChI=1S/C24H26O/c1-24(14-25-20-9-8-15-4-2-3-5-16(15)11-20)13-19-12-21(24)23-18-7-6-17(10-18)22(19)23/h2-9,11,17-19,21-23H,10,12-14H2,1H3. The zero-order valence-electron chi connectivity index (χ0n) is 14.9. The van der Waals surface area contributed by atoms with Crippen LogP contribution in [0.15, 0.2) is 54.6 Å². The van der Waals surface area contributed by atoms with Crippen molar-refractivity contribution in [3.63, 3.8) is 0 Å². The van der Waals surface area contributed by atoms with Crippen molar-refractivity contribution in [2.75, 3.05) is 6.61 Å². The van der Waals surface area contributed by atoms with Crippen LogP contribution in [0.5, 0.6) is 5.75 Å². The molecule has 7 atom stereocenters. The van der Waals surface area contributed by atoms with Gasteiger partial charge in [0.1, 0.15) is 5.75 Å². The molecule has 1 heteroatoms. The number of allylic oxidation sites excluding steroid dienone is 2. The fourth-order valence-corrected chi connectivity index (χ4v) is 7.16. The van der Waals surface area contributed by atoms with E-state index < -0.39 is 0 Å². The van der Waals surface area contributed by atoms with Crippen molar-refractivity contribution in [3.05, 3.63) is 54.6 Å². The highest BCUT2D eigenvalue weighted by Crippen LogP contribution is 2.70. The molecule has 2 aromatic carbocycles. The molecule has 0 heterocycles. The maximum atomic E-state index is 6.36. The molecule has 4 aliphatic carbocycles. The van der Waals surface area contributed by atoms with Gasteiger partial charge in [-0.25, -0.2) is 0 Å². The van der Waals surface area contributed by atoms with Crippen LogP contribution in [0.4, 0.5) is 0 Å². The number of hydrogen-bond acceptors (Lipinski definition) is 1. The second kappa shape index (κ2) is 4.90. The van der Waals surface area contributed by atoms with Crippen molar-refractivity contribution in [1.82, 2.24) is 0 Å². The van der Waals surface area contributed by atoms with Gasteiger partial charge in [-0.2, -0.15) is 0 Å². The lowest BCUT2D eigenvalue weighted by Crippen LogP contribution is -2.40. The summed E-state index contributed by atoms with van der Waals surface area (Å²) in [6.45, 7) is 3.39. The number of benzene rings is 2. The lowest BCUT2D eigenvalue weighted by molar-refractivity contribution is 0.0317. The van der Waals surface area contributed by atoms with Gasteiger partial charge in [0.15, 0.2) is 0 Å². The first-order valence-electron chi connectivity index (χ1n) is 10.0. The van der Waals surface area contributed by atoms with Gasteiger partial charge in [0, 0.05) is 5.41 Å². The van der Waals surface area contributed by atoms with Crippen LogP contribution in [0.25, 0.3) is 10.8 Å². The van der Waals surface area contributed by atoms with Crippen molar-refractivity contribution in [2.24, 2.45) is 40.9 Å². The molecule has 2 aromatic rings. The minimum absolute atomic E-state index is 0.371. The van der Waals surface area contributed by atoms with Gasteiger partial charge < -0.3 is 4.74 Å². The van der Waals surface area contributed by atoms with Gasteiger partial charge in [-0.1, -0.05) is 49.4 Å². The Morgan fingerprint density at radius 3 is 2.64 bits per heavy atom. The molecule has 3 saturated carbocycles. The summed E-state index contributed by atoms with van der Waals surface area (Å²) in [5.74, 6) is 6.63. The minimum Gasteiger partial charge on any atom is -0.493 e. The second-order valence-corrected chi connectivity index (χ2v) is 9.36. The topological polar surface area (TPSA) is 9.23 Å². The van der Waals surface area contributed by atoms with E-state index in [2.05, 4.69) is 61.5 Å². The lowest BCUT2D eigenvalue weighted by Gasteiger charge is -2.43. The monoisotopic (exact) mass is 330 g/mol. The van der Waals surface area contributed by atoms with E-state index in [4.69, 9.17) is 4.74 Å². The van der Waals surface area contributed by atoms with Gasteiger partial charge in [-0.15, -0.1) is 0 Å². The fourth-order valence-electron chi connectivity index (χ4n) is 7.16. The van der Waals surface area contributed by atoms with E-state index in [0.29, 0.717) is 5.41 Å². The van der Waals surface area contributed by atoms with Crippen LogP contribution < -0.4 is 4.74 Å². The molecular formula is C24H26O. The quantitative estimate of drug-likeness (QED) is 0.518. The average Bonchev–Trinajstić information content (AvgIpc) is 3.38. The van der Waals surface area contributed by atoms with Crippen LogP contribution in [0.3, 0.4) is 0 Å². The molecule has 0 aromatic heterocycles. The molecule has 1 nitrogen and oxygen atoms in total. The summed E-state index contributed by atoms with van der Waals surface area (Å²) in [7, 11) is 0. The second-order valence-electron chi connectivity index (χ2n) is 9.36. The Morgan fingerprint density at radius 1 is 0.960 bits per heavy atom. The molecule has 0 spiro atoms. The Kier molecular flexibility index (Phi) is 2.83. The first kappa shape index (κ1) is 14.4. The summed E-state index contributed by atoms with van der Waals surface area (Å²) in [6, 6.07) is 15.1. The van der Waals surface area contributed by atoms with Gasteiger partial charge >= 0.3 is 0 Å². The smallest absolute Gasteiger partial charge is 0.119 e. The summed E-state index contributed by atoms with van der Waals surface area (Å²) < 4.78 is 6.36. The zero-order chi connectivity index (χ0) is 16.6. The molecule has 7 unspecified atom stereocenters. The molecule has 3 fully saturated rings. The van der Waals surface area contributed by atoms with E-state index in [1.807, 2.05) is 0 Å². The number of ether oxygens (including phenoxy) is 1. The third-order valence-corrected chi connectivity index (χ3v) is 8.06. The normalized spacial score (nSPS) is 43.1. The highest BCUT2D eigenvalue weighted by molar-refractivity contribution is 5.83. The Morgan fingerprint density at radius 2 is 1.76 bits per heavy atom. The maximum Gasteiger partial charge on any atom is 0.119 e. The van der Waals surface area contributed by atoms with Crippen LogP contribution >= 0.6 is 0 Å². The van der Waals surface area contributed by atoms with E-state index in [1.54, 1.807) is 0 Å². The summed E-state index contributed by atoms with van der Waals surface area (Å²) >= 11 is 0. The summed E-state index contributed by atoms with van der Waals surface area (Å²) in [5, 5.41) is 2.56. The first-order chi connectivity index (χ1) is 12.2. The van der Waals surface area contributed by atoms with Crippen LogP contribution in [0.2, 0.25) is 0 Å². The fraction of sp³-hybridized carbons (Fsp3) is 0.500. The lowest BCUT2D eigenvalue weighted by atomic mass is 9.63. The third kappa shape index (κ3) is 1.96. The Balaban J connectivity index is 1.23. The number of hydrogen-bond donors (Lipinski definition) is 0. The zero-order valence-corrected chi connectivity index (χ0v) is 14.9. The molecule has 0 saturated heterocycles. The highest BCUT2D eigenvalue weighted by atomic mass is 16.5. The van der Waals surface area contributed by atoms with E-state index in [1.165, 1.54) is 30.0 Å². The maximum absolute atomic E-state index is 6.36. The molecule has 0 radical (unpaired) electrons. The van der Waals surface area contributed by atoms with Gasteiger partial charge in [-0.05, 0) is 77.7 Å². The molecular weight excluding hydrogens is 304 g/mol. The van der Waals surface area contributed by atoms with E-state index in [-0.39, 0.29) is 0 Å². The number of rotatable bonds is 3. The molecule has 0 N–H and O–H groups in total. The molecule has 0 aliphatic heterocycles. The molecule has 4 bridgehead atoms. The molecule has 4 aliphatic rings. The molecule has 6 rings (SSSR count). The Labute approximate surface area is 150 Å². The number of fused-ring (bicyclic) bond motifs is 10. The third-order valence-electron chi connectivity index (χ3n) is 8.06. The predicted molar refractivity (Wildman–Crippen MR) is 101 cm³/mol. The summed E-state index contributed by atoms with van der Waals surface area (Å²) in [4.78, 5) is 0. The van der Waals surface area contributed by atoms with E-state index in [9.17, 15) is 0 Å². The Bertz CT molecular complexity index is 867. The van der Waals surface area contributed by atoms with E-state index in [0.717, 1.165) is 47.9 Å². The van der Waals surface area contributed by atoms with Crippen LogP contribution in [-0.4, -0.2) is 6.61 Å². The van der Waals surface area contributed by atoms with Crippen molar-refractivity contribution in [2.45, 2.75) is 26.2 Å². The largest absolute Gasteiger partial charge is 0.493 e.